The first-order valence-electron chi connectivity index (χ1n) is 7.79. The highest BCUT2D eigenvalue weighted by molar-refractivity contribution is 5.96. The Morgan fingerprint density at radius 2 is 2.12 bits per heavy atom. The van der Waals surface area contributed by atoms with Crippen LogP contribution in [0.25, 0.3) is 0 Å². The fraction of sp³-hybridized carbons (Fsp3) is 0.412. The Morgan fingerprint density at radius 3 is 2.79 bits per heavy atom. The number of fused-ring (bicyclic) bond motifs is 1. The molecule has 1 aromatic carbocycles. The van der Waals surface area contributed by atoms with Crippen molar-refractivity contribution in [1.29, 1.82) is 0 Å². The minimum atomic E-state index is -0.0563. The van der Waals surface area contributed by atoms with Crippen molar-refractivity contribution in [2.24, 2.45) is 7.05 Å². The molecule has 0 bridgehead atoms. The van der Waals surface area contributed by atoms with E-state index >= 15 is 0 Å². The third-order valence-electron chi connectivity index (χ3n) is 4.37. The second-order valence-electron chi connectivity index (χ2n) is 5.91. The van der Waals surface area contributed by atoms with Crippen LogP contribution in [0.5, 0.6) is 5.75 Å². The van der Waals surface area contributed by atoms with Crippen molar-refractivity contribution in [2.75, 3.05) is 23.8 Å². The largest absolute Gasteiger partial charge is 0.480 e. The van der Waals surface area contributed by atoms with Crippen LogP contribution >= 0.6 is 12.4 Å². The first-order chi connectivity index (χ1) is 11.0. The number of anilines is 2. The van der Waals surface area contributed by atoms with Crippen LogP contribution in [0, 0.1) is 13.8 Å². The van der Waals surface area contributed by atoms with Crippen LogP contribution in [-0.2, 0) is 18.3 Å². The molecule has 0 unspecified atom stereocenters. The third-order valence-corrected chi connectivity index (χ3v) is 4.37. The van der Waals surface area contributed by atoms with Crippen molar-refractivity contribution in [3.8, 4) is 5.75 Å². The highest BCUT2D eigenvalue weighted by Crippen LogP contribution is 2.31. The topological polar surface area (TPSA) is 73.4 Å². The monoisotopic (exact) mass is 350 g/mol. The van der Waals surface area contributed by atoms with E-state index in [9.17, 15) is 4.79 Å². The molecule has 0 atom stereocenters. The van der Waals surface area contributed by atoms with Gasteiger partial charge in [0, 0.05) is 25.0 Å². The standard InChI is InChI=1S/C17H22N4O2.ClH/c1-11-17(12(2)20(3)19-11)23-10-16(22)21-9-5-6-13-14(18)7-4-8-15(13)21;/h4,7-8H,5-6,9-10,18H2,1-3H3;1H. The summed E-state index contributed by atoms with van der Waals surface area (Å²) in [6, 6.07) is 5.71. The Morgan fingerprint density at radius 1 is 1.38 bits per heavy atom. The molecule has 0 saturated carbocycles. The zero-order valence-electron chi connectivity index (χ0n) is 14.2. The number of aryl methyl sites for hydroxylation is 2. The van der Waals surface area contributed by atoms with Gasteiger partial charge in [-0.15, -0.1) is 12.4 Å². The van der Waals surface area contributed by atoms with E-state index in [2.05, 4.69) is 5.10 Å². The highest BCUT2D eigenvalue weighted by Gasteiger charge is 2.24. The molecule has 0 spiro atoms. The van der Waals surface area contributed by atoms with E-state index in [0.717, 1.165) is 41.2 Å². The molecule has 1 aliphatic rings. The minimum Gasteiger partial charge on any atom is -0.480 e. The first-order valence-corrected chi connectivity index (χ1v) is 7.79. The number of halogens is 1. The molecule has 2 N–H and O–H groups in total. The van der Waals surface area contributed by atoms with E-state index in [4.69, 9.17) is 10.5 Å². The SMILES string of the molecule is Cc1nn(C)c(C)c1OCC(=O)N1CCCc2c(N)cccc21.Cl. The summed E-state index contributed by atoms with van der Waals surface area (Å²) in [4.78, 5) is 14.4. The maximum Gasteiger partial charge on any atom is 0.264 e. The number of amides is 1. The number of carbonyl (C=O) groups is 1. The van der Waals surface area contributed by atoms with Gasteiger partial charge in [-0.1, -0.05) is 6.07 Å². The molecular formula is C17H23ClN4O2. The lowest BCUT2D eigenvalue weighted by Gasteiger charge is -2.30. The Balaban J connectivity index is 0.00000208. The predicted molar refractivity (Wildman–Crippen MR) is 97.0 cm³/mol. The summed E-state index contributed by atoms with van der Waals surface area (Å²) >= 11 is 0. The van der Waals surface area contributed by atoms with Gasteiger partial charge in [-0.2, -0.15) is 5.10 Å². The summed E-state index contributed by atoms with van der Waals surface area (Å²) in [5.41, 5.74) is 10.5. The summed E-state index contributed by atoms with van der Waals surface area (Å²) in [7, 11) is 1.86. The van der Waals surface area contributed by atoms with Gasteiger partial charge in [0.1, 0.15) is 5.69 Å². The molecule has 0 aliphatic carbocycles. The number of ether oxygens (including phenoxy) is 1. The average Bonchev–Trinajstić information content (AvgIpc) is 2.78. The summed E-state index contributed by atoms with van der Waals surface area (Å²) in [6.07, 6.45) is 1.82. The second-order valence-corrected chi connectivity index (χ2v) is 5.91. The van der Waals surface area contributed by atoms with E-state index in [1.807, 2.05) is 39.1 Å². The van der Waals surface area contributed by atoms with Gasteiger partial charge in [0.2, 0.25) is 0 Å². The number of nitrogens with two attached hydrogens (primary N) is 1. The number of carbonyl (C=O) groups excluding carboxylic acids is 1. The normalized spacial score (nSPS) is 13.2. The number of benzene rings is 1. The number of nitrogens with zero attached hydrogens (tertiary/aromatic N) is 3. The van der Waals surface area contributed by atoms with Crippen LogP contribution in [-0.4, -0.2) is 28.8 Å². The van der Waals surface area contributed by atoms with Gasteiger partial charge in [-0.3, -0.25) is 9.48 Å². The molecule has 1 aromatic heterocycles. The summed E-state index contributed by atoms with van der Waals surface area (Å²) in [6.45, 7) is 4.51. The van der Waals surface area contributed by atoms with Crippen molar-refractivity contribution in [1.82, 2.24) is 9.78 Å². The van der Waals surface area contributed by atoms with E-state index in [-0.39, 0.29) is 24.9 Å². The molecule has 1 aliphatic heterocycles. The number of rotatable bonds is 3. The molecule has 2 heterocycles. The van der Waals surface area contributed by atoms with Crippen LogP contribution in [0.15, 0.2) is 18.2 Å². The molecule has 3 rings (SSSR count). The fourth-order valence-electron chi connectivity index (χ4n) is 3.09. The van der Waals surface area contributed by atoms with Crippen molar-refractivity contribution in [3.63, 3.8) is 0 Å². The van der Waals surface area contributed by atoms with Crippen LogP contribution in [0.3, 0.4) is 0 Å². The van der Waals surface area contributed by atoms with Crippen molar-refractivity contribution < 1.29 is 9.53 Å². The average molecular weight is 351 g/mol. The lowest BCUT2D eigenvalue weighted by Crippen LogP contribution is -2.38. The van der Waals surface area contributed by atoms with Crippen LogP contribution in [0.4, 0.5) is 11.4 Å². The lowest BCUT2D eigenvalue weighted by atomic mass is 10.00. The van der Waals surface area contributed by atoms with Gasteiger partial charge < -0.3 is 15.4 Å². The second kappa shape index (κ2) is 7.13. The Labute approximate surface area is 148 Å². The summed E-state index contributed by atoms with van der Waals surface area (Å²) < 4.78 is 7.50. The van der Waals surface area contributed by atoms with E-state index in [0.29, 0.717) is 12.3 Å². The molecule has 7 heteroatoms. The molecule has 24 heavy (non-hydrogen) atoms. The molecule has 0 fully saturated rings. The van der Waals surface area contributed by atoms with E-state index in [1.54, 1.807) is 9.58 Å². The molecular weight excluding hydrogens is 328 g/mol. The van der Waals surface area contributed by atoms with Crippen molar-refractivity contribution in [2.45, 2.75) is 26.7 Å². The maximum atomic E-state index is 12.6. The Bertz CT molecular complexity index is 757. The Kier molecular flexibility index (Phi) is 5.39. The van der Waals surface area contributed by atoms with Crippen molar-refractivity contribution >= 4 is 29.7 Å². The van der Waals surface area contributed by atoms with Gasteiger partial charge >= 0.3 is 0 Å². The van der Waals surface area contributed by atoms with Crippen molar-refractivity contribution in [3.05, 3.63) is 35.2 Å². The molecule has 0 radical (unpaired) electrons. The van der Waals surface area contributed by atoms with Gasteiger partial charge in [-0.05, 0) is 44.4 Å². The fourth-order valence-corrected chi connectivity index (χ4v) is 3.09. The van der Waals surface area contributed by atoms with E-state index in [1.165, 1.54) is 0 Å². The minimum absolute atomic E-state index is 0. The van der Waals surface area contributed by atoms with E-state index < -0.39 is 0 Å². The Hall–Kier alpha value is -2.21. The maximum absolute atomic E-state index is 12.6. The van der Waals surface area contributed by atoms with Gasteiger partial charge in [0.15, 0.2) is 12.4 Å². The number of hydrogen-bond acceptors (Lipinski definition) is 4. The molecule has 2 aromatic rings. The zero-order chi connectivity index (χ0) is 16.6. The van der Waals surface area contributed by atoms with Gasteiger partial charge in [0.05, 0.1) is 5.69 Å². The first kappa shape index (κ1) is 18.1. The summed E-state index contributed by atoms with van der Waals surface area (Å²) in [5, 5.41) is 4.30. The summed E-state index contributed by atoms with van der Waals surface area (Å²) in [5.74, 6) is 0.630. The molecule has 130 valence electrons. The van der Waals surface area contributed by atoms with Crippen LogP contribution in [0.1, 0.15) is 23.4 Å². The van der Waals surface area contributed by atoms with Gasteiger partial charge in [-0.25, -0.2) is 0 Å². The van der Waals surface area contributed by atoms with Gasteiger partial charge in [0.25, 0.3) is 5.91 Å². The quantitative estimate of drug-likeness (QED) is 0.863. The third kappa shape index (κ3) is 3.19. The number of hydrogen-bond donors (Lipinski definition) is 1. The smallest absolute Gasteiger partial charge is 0.264 e. The zero-order valence-corrected chi connectivity index (χ0v) is 15.0. The lowest BCUT2D eigenvalue weighted by molar-refractivity contribution is -0.120. The van der Waals surface area contributed by atoms with Crippen LogP contribution < -0.4 is 15.4 Å². The number of aromatic nitrogens is 2. The predicted octanol–water partition coefficient (Wildman–Crippen LogP) is 2.40. The van der Waals surface area contributed by atoms with Crippen LogP contribution in [0.2, 0.25) is 0 Å². The molecule has 0 saturated heterocycles. The molecule has 1 amide bonds. The highest BCUT2D eigenvalue weighted by atomic mass is 35.5. The number of nitrogen functional groups attached to an aromatic ring is 1. The molecule has 6 nitrogen and oxygen atoms in total.